The number of carbonyl (C=O) groups is 1. The zero-order valence-electron chi connectivity index (χ0n) is 10.2. The number of hydrogen-bond donors (Lipinski definition) is 2. The molecule has 0 radical (unpaired) electrons. The predicted molar refractivity (Wildman–Crippen MR) is 64.1 cm³/mol. The average Bonchev–Trinajstić information content (AvgIpc) is 2.34. The van der Waals surface area contributed by atoms with E-state index in [2.05, 4.69) is 5.32 Å². The minimum Gasteiger partial charge on any atom is -0.376 e. The normalized spacial score (nSPS) is 19.4. The van der Waals surface area contributed by atoms with E-state index in [1.165, 1.54) is 32.1 Å². The number of carbonyl (C=O) groups excluding carboxylic acids is 1. The molecule has 4 heteroatoms. The van der Waals surface area contributed by atoms with Crippen molar-refractivity contribution in [1.29, 1.82) is 0 Å². The third-order valence-corrected chi connectivity index (χ3v) is 3.11. The molecule has 1 aliphatic carbocycles. The van der Waals surface area contributed by atoms with Crippen LogP contribution in [0.2, 0.25) is 0 Å². The van der Waals surface area contributed by atoms with Gasteiger partial charge < -0.3 is 15.8 Å². The van der Waals surface area contributed by atoms with Crippen LogP contribution in [0.15, 0.2) is 0 Å². The Balaban J connectivity index is 2.00. The first-order chi connectivity index (χ1) is 7.74. The van der Waals surface area contributed by atoms with Crippen molar-refractivity contribution in [3.05, 3.63) is 0 Å². The van der Waals surface area contributed by atoms with Crippen LogP contribution in [0.25, 0.3) is 0 Å². The first-order valence-electron chi connectivity index (χ1n) is 6.33. The molecule has 0 heterocycles. The van der Waals surface area contributed by atoms with Gasteiger partial charge in [-0.1, -0.05) is 26.2 Å². The maximum absolute atomic E-state index is 11.4. The van der Waals surface area contributed by atoms with Crippen LogP contribution in [0.3, 0.4) is 0 Å². The zero-order chi connectivity index (χ0) is 11.8. The Morgan fingerprint density at radius 2 is 2.12 bits per heavy atom. The van der Waals surface area contributed by atoms with Crippen molar-refractivity contribution in [1.82, 2.24) is 5.32 Å². The van der Waals surface area contributed by atoms with Gasteiger partial charge in [0.25, 0.3) is 0 Å². The SMILES string of the molecule is CC(CN)C(=O)NCCOC1CCCCC1. The molecule has 94 valence electrons. The van der Waals surface area contributed by atoms with E-state index in [0.717, 1.165) is 0 Å². The van der Waals surface area contributed by atoms with Gasteiger partial charge in [0.1, 0.15) is 0 Å². The zero-order valence-corrected chi connectivity index (χ0v) is 10.2. The average molecular weight is 228 g/mol. The number of amides is 1. The van der Waals surface area contributed by atoms with Crippen molar-refractivity contribution < 1.29 is 9.53 Å². The van der Waals surface area contributed by atoms with Gasteiger partial charge in [0.05, 0.1) is 12.7 Å². The van der Waals surface area contributed by atoms with Gasteiger partial charge in [0.2, 0.25) is 5.91 Å². The molecule has 1 atom stereocenters. The Morgan fingerprint density at radius 1 is 1.44 bits per heavy atom. The van der Waals surface area contributed by atoms with Gasteiger partial charge >= 0.3 is 0 Å². The van der Waals surface area contributed by atoms with Gasteiger partial charge in [-0.25, -0.2) is 0 Å². The van der Waals surface area contributed by atoms with Crippen molar-refractivity contribution in [3.8, 4) is 0 Å². The molecule has 0 spiro atoms. The fraction of sp³-hybridized carbons (Fsp3) is 0.917. The van der Waals surface area contributed by atoms with Crippen LogP contribution in [0.4, 0.5) is 0 Å². The van der Waals surface area contributed by atoms with Crippen LogP contribution in [0, 0.1) is 5.92 Å². The second-order valence-corrected chi connectivity index (χ2v) is 4.56. The summed E-state index contributed by atoms with van der Waals surface area (Å²) in [5, 5.41) is 2.83. The first kappa shape index (κ1) is 13.5. The maximum Gasteiger partial charge on any atom is 0.224 e. The first-order valence-corrected chi connectivity index (χ1v) is 6.33. The summed E-state index contributed by atoms with van der Waals surface area (Å²) in [6, 6.07) is 0. The monoisotopic (exact) mass is 228 g/mol. The summed E-state index contributed by atoms with van der Waals surface area (Å²) < 4.78 is 5.70. The molecule has 0 bridgehead atoms. The quantitative estimate of drug-likeness (QED) is 0.668. The van der Waals surface area contributed by atoms with Crippen molar-refractivity contribution >= 4 is 5.91 Å². The van der Waals surface area contributed by atoms with Crippen LogP contribution in [0.5, 0.6) is 0 Å². The van der Waals surface area contributed by atoms with Gasteiger partial charge in [0, 0.05) is 19.0 Å². The minimum absolute atomic E-state index is 0.0229. The van der Waals surface area contributed by atoms with E-state index in [0.29, 0.717) is 25.8 Å². The molecule has 0 aromatic carbocycles. The molecular weight excluding hydrogens is 204 g/mol. The van der Waals surface area contributed by atoms with E-state index < -0.39 is 0 Å². The number of nitrogens with two attached hydrogens (primary N) is 1. The summed E-state index contributed by atoms with van der Waals surface area (Å²) in [5.41, 5.74) is 5.40. The lowest BCUT2D eigenvalue weighted by molar-refractivity contribution is -0.124. The Kier molecular flexibility index (Phi) is 6.42. The second kappa shape index (κ2) is 7.63. The standard InChI is InChI=1S/C12H24N2O2/c1-10(9-13)12(15)14-7-8-16-11-5-3-2-4-6-11/h10-11H,2-9,13H2,1H3,(H,14,15). The topological polar surface area (TPSA) is 64.4 Å². The van der Waals surface area contributed by atoms with Gasteiger partial charge in [-0.3, -0.25) is 4.79 Å². The molecule has 0 aromatic rings. The van der Waals surface area contributed by atoms with Crippen molar-refractivity contribution in [2.75, 3.05) is 19.7 Å². The molecule has 0 aliphatic heterocycles. The Labute approximate surface area is 97.9 Å². The summed E-state index contributed by atoms with van der Waals surface area (Å²) >= 11 is 0. The molecule has 1 unspecified atom stereocenters. The number of nitrogens with one attached hydrogen (secondary N) is 1. The Bertz CT molecular complexity index is 203. The van der Waals surface area contributed by atoms with Crippen LogP contribution >= 0.6 is 0 Å². The Hall–Kier alpha value is -0.610. The van der Waals surface area contributed by atoms with Crippen molar-refractivity contribution in [3.63, 3.8) is 0 Å². The molecule has 1 fully saturated rings. The van der Waals surface area contributed by atoms with E-state index in [9.17, 15) is 4.79 Å². The van der Waals surface area contributed by atoms with Crippen LogP contribution < -0.4 is 11.1 Å². The van der Waals surface area contributed by atoms with Gasteiger partial charge in [-0.15, -0.1) is 0 Å². The fourth-order valence-corrected chi connectivity index (χ4v) is 1.91. The molecule has 0 aromatic heterocycles. The lowest BCUT2D eigenvalue weighted by atomic mass is 9.98. The van der Waals surface area contributed by atoms with E-state index >= 15 is 0 Å². The summed E-state index contributed by atoms with van der Waals surface area (Å²) in [6.45, 7) is 3.44. The molecule has 1 aliphatic rings. The van der Waals surface area contributed by atoms with Crippen LogP contribution in [0.1, 0.15) is 39.0 Å². The summed E-state index contributed by atoms with van der Waals surface area (Å²) in [4.78, 5) is 11.4. The predicted octanol–water partition coefficient (Wildman–Crippen LogP) is 1.05. The molecule has 3 N–H and O–H groups in total. The molecule has 1 rings (SSSR count). The molecule has 16 heavy (non-hydrogen) atoms. The largest absolute Gasteiger partial charge is 0.376 e. The second-order valence-electron chi connectivity index (χ2n) is 4.56. The molecule has 1 saturated carbocycles. The van der Waals surface area contributed by atoms with E-state index in [-0.39, 0.29) is 11.8 Å². The number of hydrogen-bond acceptors (Lipinski definition) is 3. The maximum atomic E-state index is 11.4. The number of rotatable bonds is 6. The summed E-state index contributed by atoms with van der Waals surface area (Å²) in [5.74, 6) is -0.0792. The molecule has 4 nitrogen and oxygen atoms in total. The van der Waals surface area contributed by atoms with Gasteiger partial charge in [-0.05, 0) is 12.8 Å². The Morgan fingerprint density at radius 3 is 2.75 bits per heavy atom. The highest BCUT2D eigenvalue weighted by atomic mass is 16.5. The lowest BCUT2D eigenvalue weighted by Crippen LogP contribution is -2.35. The van der Waals surface area contributed by atoms with E-state index in [4.69, 9.17) is 10.5 Å². The summed E-state index contributed by atoms with van der Waals surface area (Å²) in [6.07, 6.45) is 6.66. The van der Waals surface area contributed by atoms with Crippen LogP contribution in [-0.4, -0.2) is 31.7 Å². The highest BCUT2D eigenvalue weighted by molar-refractivity contribution is 5.78. The molecule has 0 saturated heterocycles. The highest BCUT2D eigenvalue weighted by Crippen LogP contribution is 2.19. The fourth-order valence-electron chi connectivity index (χ4n) is 1.91. The lowest BCUT2D eigenvalue weighted by Gasteiger charge is -2.22. The van der Waals surface area contributed by atoms with Gasteiger partial charge in [-0.2, -0.15) is 0 Å². The third kappa shape index (κ3) is 4.94. The van der Waals surface area contributed by atoms with Gasteiger partial charge in [0.15, 0.2) is 0 Å². The number of ether oxygens (including phenoxy) is 1. The minimum atomic E-state index is -0.102. The third-order valence-electron chi connectivity index (χ3n) is 3.11. The molecule has 1 amide bonds. The van der Waals surface area contributed by atoms with Crippen molar-refractivity contribution in [2.45, 2.75) is 45.1 Å². The highest BCUT2D eigenvalue weighted by Gasteiger charge is 2.14. The van der Waals surface area contributed by atoms with Crippen LogP contribution in [-0.2, 0) is 9.53 Å². The smallest absolute Gasteiger partial charge is 0.224 e. The molecular formula is C12H24N2O2. The summed E-state index contributed by atoms with van der Waals surface area (Å²) in [7, 11) is 0. The van der Waals surface area contributed by atoms with E-state index in [1.54, 1.807) is 0 Å². The van der Waals surface area contributed by atoms with Crippen molar-refractivity contribution in [2.24, 2.45) is 11.7 Å². The van der Waals surface area contributed by atoms with E-state index in [1.807, 2.05) is 6.92 Å².